The summed E-state index contributed by atoms with van der Waals surface area (Å²) in [6.45, 7) is 5.69. The maximum atomic E-state index is 13.6. The molecule has 0 saturated carbocycles. The molecular formula is C13H15FN2O2S. The van der Waals surface area contributed by atoms with Crippen LogP contribution in [-0.2, 0) is 4.79 Å². The van der Waals surface area contributed by atoms with Crippen LogP contribution >= 0.6 is 11.8 Å². The number of fused-ring (bicyclic) bond motifs is 1. The lowest BCUT2D eigenvalue weighted by Gasteiger charge is -2.12. The van der Waals surface area contributed by atoms with E-state index in [2.05, 4.69) is 4.98 Å². The van der Waals surface area contributed by atoms with Gasteiger partial charge in [0.05, 0.1) is 16.8 Å². The van der Waals surface area contributed by atoms with Gasteiger partial charge in [-0.1, -0.05) is 11.8 Å². The van der Waals surface area contributed by atoms with Gasteiger partial charge in [0.25, 0.3) is 0 Å². The number of nitrogens with zero attached hydrogens (tertiary/aromatic N) is 2. The second-order valence-electron chi connectivity index (χ2n) is 4.63. The van der Waals surface area contributed by atoms with E-state index in [1.807, 2.05) is 18.4 Å². The topological polar surface area (TPSA) is 55.1 Å². The van der Waals surface area contributed by atoms with Gasteiger partial charge in [-0.2, -0.15) is 0 Å². The normalized spacial score (nSPS) is 11.4. The van der Waals surface area contributed by atoms with Crippen LogP contribution in [0.4, 0.5) is 4.39 Å². The number of carboxylic acids is 1. The second kappa shape index (κ2) is 5.21. The van der Waals surface area contributed by atoms with Crippen LogP contribution in [0.2, 0.25) is 0 Å². The zero-order valence-corrected chi connectivity index (χ0v) is 11.8. The smallest absolute Gasteiger partial charge is 0.313 e. The van der Waals surface area contributed by atoms with Crippen LogP contribution in [-0.4, -0.2) is 26.4 Å². The van der Waals surface area contributed by atoms with Crippen LogP contribution in [0, 0.1) is 12.7 Å². The zero-order valence-electron chi connectivity index (χ0n) is 11.0. The van der Waals surface area contributed by atoms with E-state index in [0.29, 0.717) is 16.2 Å². The molecule has 0 aliphatic rings. The fraction of sp³-hybridized carbons (Fsp3) is 0.385. The van der Waals surface area contributed by atoms with Crippen molar-refractivity contribution in [2.24, 2.45) is 0 Å². The number of benzene rings is 1. The Labute approximate surface area is 114 Å². The molecule has 0 unspecified atom stereocenters. The third kappa shape index (κ3) is 2.73. The van der Waals surface area contributed by atoms with Crippen molar-refractivity contribution in [3.8, 4) is 0 Å². The van der Waals surface area contributed by atoms with E-state index < -0.39 is 5.97 Å². The summed E-state index contributed by atoms with van der Waals surface area (Å²) in [7, 11) is 0. The average Bonchev–Trinajstić information content (AvgIpc) is 2.64. The van der Waals surface area contributed by atoms with Gasteiger partial charge in [0.1, 0.15) is 5.82 Å². The molecule has 1 aromatic heterocycles. The first kappa shape index (κ1) is 13.9. The monoisotopic (exact) mass is 282 g/mol. The molecule has 0 fully saturated rings. The lowest BCUT2D eigenvalue weighted by atomic mass is 10.2. The van der Waals surface area contributed by atoms with Gasteiger partial charge < -0.3 is 9.67 Å². The van der Waals surface area contributed by atoms with Crippen molar-refractivity contribution in [2.75, 3.05) is 5.75 Å². The molecule has 4 nitrogen and oxygen atoms in total. The maximum Gasteiger partial charge on any atom is 0.313 e. The molecular weight excluding hydrogens is 267 g/mol. The number of aryl methyl sites for hydroxylation is 1. The van der Waals surface area contributed by atoms with Crippen molar-refractivity contribution in [3.05, 3.63) is 23.5 Å². The first-order chi connectivity index (χ1) is 8.90. The zero-order chi connectivity index (χ0) is 14.2. The number of hydrogen-bond acceptors (Lipinski definition) is 3. The Morgan fingerprint density at radius 2 is 2.21 bits per heavy atom. The summed E-state index contributed by atoms with van der Waals surface area (Å²) in [6, 6.07) is 3.28. The standard InChI is InChI=1S/C13H15FN2O2S/c1-7(2)16-11-4-8(3)9(14)5-10(11)15-13(16)19-6-12(17)18/h4-5,7H,6H2,1-3H3,(H,17,18). The average molecular weight is 282 g/mol. The van der Waals surface area contributed by atoms with Crippen molar-refractivity contribution < 1.29 is 14.3 Å². The molecule has 0 aliphatic heterocycles. The molecule has 0 aliphatic carbocycles. The Bertz CT molecular complexity index is 637. The summed E-state index contributed by atoms with van der Waals surface area (Å²) in [5.74, 6) is -1.25. The van der Waals surface area contributed by atoms with Gasteiger partial charge in [0.15, 0.2) is 5.16 Å². The van der Waals surface area contributed by atoms with E-state index in [1.165, 1.54) is 6.07 Å². The van der Waals surface area contributed by atoms with Crippen molar-refractivity contribution in [2.45, 2.75) is 32.0 Å². The lowest BCUT2D eigenvalue weighted by Crippen LogP contribution is -2.05. The van der Waals surface area contributed by atoms with Crippen LogP contribution in [0.15, 0.2) is 17.3 Å². The third-order valence-electron chi connectivity index (χ3n) is 2.78. The number of aliphatic carboxylic acids is 1. The predicted molar refractivity (Wildman–Crippen MR) is 73.2 cm³/mol. The van der Waals surface area contributed by atoms with Gasteiger partial charge >= 0.3 is 5.97 Å². The number of carboxylic acid groups (broad SMARTS) is 1. The highest BCUT2D eigenvalue weighted by Gasteiger charge is 2.16. The van der Waals surface area contributed by atoms with Gasteiger partial charge in [-0.05, 0) is 32.4 Å². The molecule has 0 saturated heterocycles. The van der Waals surface area contributed by atoms with Crippen LogP contribution in [0.5, 0.6) is 0 Å². The summed E-state index contributed by atoms with van der Waals surface area (Å²) < 4.78 is 15.5. The largest absolute Gasteiger partial charge is 0.481 e. The number of hydrogen-bond donors (Lipinski definition) is 1. The Morgan fingerprint density at radius 1 is 1.53 bits per heavy atom. The molecule has 1 heterocycles. The first-order valence-corrected chi connectivity index (χ1v) is 6.91. The minimum atomic E-state index is -0.894. The van der Waals surface area contributed by atoms with Crippen LogP contribution in [0.25, 0.3) is 11.0 Å². The van der Waals surface area contributed by atoms with Gasteiger partial charge in [-0.15, -0.1) is 0 Å². The first-order valence-electron chi connectivity index (χ1n) is 5.93. The van der Waals surface area contributed by atoms with E-state index >= 15 is 0 Å². The van der Waals surface area contributed by atoms with Crippen molar-refractivity contribution >= 4 is 28.8 Å². The highest BCUT2D eigenvalue weighted by Crippen LogP contribution is 2.29. The predicted octanol–water partition coefficient (Wildman–Crippen LogP) is 3.24. The molecule has 0 amide bonds. The number of aromatic nitrogens is 2. The van der Waals surface area contributed by atoms with Gasteiger partial charge in [0.2, 0.25) is 0 Å². The van der Waals surface area contributed by atoms with Crippen molar-refractivity contribution in [1.82, 2.24) is 9.55 Å². The van der Waals surface area contributed by atoms with Crippen LogP contribution < -0.4 is 0 Å². The Balaban J connectivity index is 2.56. The van der Waals surface area contributed by atoms with E-state index in [-0.39, 0.29) is 17.6 Å². The van der Waals surface area contributed by atoms with E-state index in [0.717, 1.165) is 17.3 Å². The molecule has 102 valence electrons. The number of carbonyl (C=O) groups is 1. The fourth-order valence-corrected chi connectivity index (χ4v) is 2.79. The quantitative estimate of drug-likeness (QED) is 0.875. The highest BCUT2D eigenvalue weighted by atomic mass is 32.2. The summed E-state index contributed by atoms with van der Waals surface area (Å²) in [4.78, 5) is 15.0. The minimum Gasteiger partial charge on any atom is -0.481 e. The number of thioether (sulfide) groups is 1. The van der Waals surface area contributed by atoms with E-state index in [9.17, 15) is 9.18 Å². The van der Waals surface area contributed by atoms with E-state index in [4.69, 9.17) is 5.11 Å². The number of halogens is 1. The van der Waals surface area contributed by atoms with E-state index in [1.54, 1.807) is 13.0 Å². The highest BCUT2D eigenvalue weighted by molar-refractivity contribution is 7.99. The van der Waals surface area contributed by atoms with Crippen molar-refractivity contribution in [1.29, 1.82) is 0 Å². The van der Waals surface area contributed by atoms with Crippen molar-refractivity contribution in [3.63, 3.8) is 0 Å². The Kier molecular flexibility index (Phi) is 3.80. The lowest BCUT2D eigenvalue weighted by molar-refractivity contribution is -0.133. The van der Waals surface area contributed by atoms with Gasteiger partial charge in [-0.25, -0.2) is 9.37 Å². The Hall–Kier alpha value is -1.56. The van der Waals surface area contributed by atoms with Crippen LogP contribution in [0.1, 0.15) is 25.5 Å². The Morgan fingerprint density at radius 3 is 2.79 bits per heavy atom. The number of rotatable bonds is 4. The molecule has 2 aromatic rings. The SMILES string of the molecule is Cc1cc2c(cc1F)nc(SCC(=O)O)n2C(C)C. The molecule has 6 heteroatoms. The maximum absolute atomic E-state index is 13.6. The molecule has 0 atom stereocenters. The molecule has 1 N–H and O–H groups in total. The summed E-state index contributed by atoms with van der Waals surface area (Å²) in [5.41, 5.74) is 1.95. The molecule has 2 rings (SSSR count). The summed E-state index contributed by atoms with van der Waals surface area (Å²) in [5, 5.41) is 9.36. The van der Waals surface area contributed by atoms with Gasteiger partial charge in [-0.3, -0.25) is 4.79 Å². The third-order valence-corrected chi connectivity index (χ3v) is 3.72. The molecule has 1 aromatic carbocycles. The van der Waals surface area contributed by atoms with Crippen LogP contribution in [0.3, 0.4) is 0 Å². The second-order valence-corrected chi connectivity index (χ2v) is 5.57. The molecule has 0 bridgehead atoms. The minimum absolute atomic E-state index is 0.0580. The summed E-state index contributed by atoms with van der Waals surface area (Å²) in [6.07, 6.45) is 0. The summed E-state index contributed by atoms with van der Waals surface area (Å²) >= 11 is 1.15. The molecule has 0 spiro atoms. The number of imidazole rings is 1. The molecule has 0 radical (unpaired) electrons. The van der Waals surface area contributed by atoms with Gasteiger partial charge in [0, 0.05) is 12.1 Å². The fourth-order valence-electron chi connectivity index (χ4n) is 1.93. The molecule has 19 heavy (non-hydrogen) atoms.